The van der Waals surface area contributed by atoms with Gasteiger partial charge < -0.3 is 4.74 Å². The van der Waals surface area contributed by atoms with Gasteiger partial charge in [-0.25, -0.2) is 5.32 Å². The summed E-state index contributed by atoms with van der Waals surface area (Å²) in [6.07, 6.45) is -10.9. The minimum Gasteiger partial charge on any atom is -0.426 e. The van der Waals surface area contributed by atoms with Crippen LogP contribution in [-0.4, -0.2) is 43.4 Å². The maximum atomic E-state index is 12.7. The standard InChI is InChI=1S/C13H14F5N2O/c14-12(15,16)13(17,18)21-11-3-1-10(2-4-11)9-20-7-5-19-6-8-20/h1-4H,5-9H2. The average molecular weight is 309 g/mol. The van der Waals surface area contributed by atoms with Gasteiger partial charge in [0.2, 0.25) is 0 Å². The van der Waals surface area contributed by atoms with Crippen molar-refractivity contribution in [3.8, 4) is 5.75 Å². The van der Waals surface area contributed by atoms with Crippen molar-refractivity contribution >= 4 is 0 Å². The molecule has 0 atom stereocenters. The number of piperazine rings is 1. The largest absolute Gasteiger partial charge is 0.499 e. The van der Waals surface area contributed by atoms with Crippen molar-refractivity contribution in [3.05, 3.63) is 29.8 Å². The average Bonchev–Trinajstić information content (AvgIpc) is 2.41. The van der Waals surface area contributed by atoms with Crippen molar-refractivity contribution < 1.29 is 26.7 Å². The maximum Gasteiger partial charge on any atom is 0.499 e. The molecule has 2 rings (SSSR count). The lowest BCUT2D eigenvalue weighted by molar-refractivity contribution is -0.360. The topological polar surface area (TPSA) is 26.6 Å². The second-order valence-corrected chi connectivity index (χ2v) is 4.71. The smallest absolute Gasteiger partial charge is 0.426 e. The first-order valence-corrected chi connectivity index (χ1v) is 6.36. The van der Waals surface area contributed by atoms with E-state index in [0.29, 0.717) is 6.54 Å². The summed E-state index contributed by atoms with van der Waals surface area (Å²) in [5.74, 6) is -0.519. The van der Waals surface area contributed by atoms with Gasteiger partial charge in [-0.15, -0.1) is 0 Å². The van der Waals surface area contributed by atoms with Crippen molar-refractivity contribution in [1.29, 1.82) is 0 Å². The number of benzene rings is 1. The fourth-order valence-corrected chi connectivity index (χ4v) is 1.93. The molecule has 1 aliphatic heterocycles. The first-order valence-electron chi connectivity index (χ1n) is 6.36. The lowest BCUT2D eigenvalue weighted by Crippen LogP contribution is -2.41. The van der Waals surface area contributed by atoms with Crippen LogP contribution >= 0.6 is 0 Å². The highest BCUT2D eigenvalue weighted by Gasteiger charge is 2.61. The van der Waals surface area contributed by atoms with E-state index in [1.54, 1.807) is 0 Å². The summed E-state index contributed by atoms with van der Waals surface area (Å²) in [4.78, 5) is 2.13. The predicted octanol–water partition coefficient (Wildman–Crippen LogP) is 2.64. The molecule has 0 N–H and O–H groups in total. The monoisotopic (exact) mass is 309 g/mol. The van der Waals surface area contributed by atoms with E-state index < -0.39 is 18.0 Å². The summed E-state index contributed by atoms with van der Waals surface area (Å²) >= 11 is 0. The van der Waals surface area contributed by atoms with Gasteiger partial charge >= 0.3 is 12.3 Å². The molecule has 1 heterocycles. The van der Waals surface area contributed by atoms with Crippen LogP contribution in [0.4, 0.5) is 22.0 Å². The lowest BCUT2D eigenvalue weighted by Gasteiger charge is -2.26. The van der Waals surface area contributed by atoms with E-state index >= 15 is 0 Å². The van der Waals surface area contributed by atoms with Gasteiger partial charge in [-0.3, -0.25) is 4.90 Å². The van der Waals surface area contributed by atoms with Gasteiger partial charge in [0.1, 0.15) is 5.75 Å². The van der Waals surface area contributed by atoms with Gasteiger partial charge in [0, 0.05) is 32.7 Å². The van der Waals surface area contributed by atoms with Gasteiger partial charge in [0.25, 0.3) is 0 Å². The molecular weight excluding hydrogens is 295 g/mol. The molecule has 3 nitrogen and oxygen atoms in total. The molecule has 1 radical (unpaired) electrons. The van der Waals surface area contributed by atoms with Gasteiger partial charge in [-0.1, -0.05) is 12.1 Å². The zero-order valence-corrected chi connectivity index (χ0v) is 11.0. The number of hydrogen-bond donors (Lipinski definition) is 0. The Labute approximate surface area is 118 Å². The summed E-state index contributed by atoms with van der Waals surface area (Å²) in [6.45, 7) is 3.72. The Morgan fingerprint density at radius 1 is 1.00 bits per heavy atom. The van der Waals surface area contributed by atoms with Crippen LogP contribution in [0.5, 0.6) is 5.75 Å². The minimum absolute atomic E-state index is 0.519. The highest BCUT2D eigenvalue weighted by Crippen LogP contribution is 2.37. The van der Waals surface area contributed by atoms with Crippen molar-refractivity contribution in [3.63, 3.8) is 0 Å². The van der Waals surface area contributed by atoms with E-state index in [1.165, 1.54) is 12.1 Å². The molecule has 0 aliphatic carbocycles. The van der Waals surface area contributed by atoms with E-state index in [4.69, 9.17) is 0 Å². The van der Waals surface area contributed by atoms with E-state index in [1.807, 2.05) is 0 Å². The van der Waals surface area contributed by atoms with Crippen LogP contribution in [0.2, 0.25) is 0 Å². The molecule has 0 amide bonds. The Balaban J connectivity index is 1.95. The van der Waals surface area contributed by atoms with E-state index in [9.17, 15) is 22.0 Å². The summed E-state index contributed by atoms with van der Waals surface area (Å²) < 4.78 is 65.2. The van der Waals surface area contributed by atoms with Crippen LogP contribution < -0.4 is 10.1 Å². The molecule has 8 heteroatoms. The number of alkyl halides is 5. The summed E-state index contributed by atoms with van der Waals surface area (Å²) in [5, 5.41) is 4.19. The van der Waals surface area contributed by atoms with Crippen molar-refractivity contribution in [2.24, 2.45) is 0 Å². The lowest BCUT2D eigenvalue weighted by atomic mass is 10.2. The van der Waals surface area contributed by atoms with E-state index in [0.717, 1.165) is 43.9 Å². The predicted molar refractivity (Wildman–Crippen MR) is 65.2 cm³/mol. The molecule has 21 heavy (non-hydrogen) atoms. The molecule has 0 saturated carbocycles. The molecule has 1 aromatic rings. The molecule has 1 fully saturated rings. The summed E-state index contributed by atoms with van der Waals surface area (Å²) in [7, 11) is 0. The first-order chi connectivity index (χ1) is 9.78. The Kier molecular flexibility index (Phi) is 4.67. The highest BCUT2D eigenvalue weighted by molar-refractivity contribution is 5.27. The third kappa shape index (κ3) is 4.28. The minimum atomic E-state index is -5.73. The third-order valence-electron chi connectivity index (χ3n) is 3.05. The zero-order valence-electron chi connectivity index (χ0n) is 11.0. The fourth-order valence-electron chi connectivity index (χ4n) is 1.93. The van der Waals surface area contributed by atoms with Crippen LogP contribution in [0, 0.1) is 0 Å². The quantitative estimate of drug-likeness (QED) is 0.799. The maximum absolute atomic E-state index is 12.7. The fraction of sp³-hybridized carbons (Fsp3) is 0.538. The molecule has 1 aliphatic rings. The van der Waals surface area contributed by atoms with Crippen molar-refractivity contribution in [2.45, 2.75) is 18.8 Å². The molecule has 0 unspecified atom stereocenters. The Morgan fingerprint density at radius 2 is 1.57 bits per heavy atom. The SMILES string of the molecule is FC(F)(F)C(F)(F)Oc1ccc(CN2CC[N]CC2)cc1. The van der Waals surface area contributed by atoms with Crippen LogP contribution in [0.3, 0.4) is 0 Å². The van der Waals surface area contributed by atoms with Crippen molar-refractivity contribution in [2.75, 3.05) is 26.2 Å². The Bertz CT molecular complexity index is 455. The number of halogens is 5. The van der Waals surface area contributed by atoms with Gasteiger partial charge in [0.05, 0.1) is 0 Å². The zero-order chi connectivity index (χ0) is 15.5. The van der Waals surface area contributed by atoms with Crippen LogP contribution in [0.15, 0.2) is 24.3 Å². The molecule has 117 valence electrons. The molecule has 1 saturated heterocycles. The number of ether oxygens (including phenoxy) is 1. The number of hydrogen-bond acceptors (Lipinski definition) is 2. The van der Waals surface area contributed by atoms with Gasteiger partial charge in [-0.2, -0.15) is 22.0 Å². The van der Waals surface area contributed by atoms with Gasteiger partial charge in [-0.05, 0) is 17.7 Å². The second-order valence-electron chi connectivity index (χ2n) is 4.71. The van der Waals surface area contributed by atoms with Crippen LogP contribution in [0.25, 0.3) is 0 Å². The molecular formula is C13H14F5N2O. The first kappa shape index (κ1) is 16.0. The molecule has 0 aromatic heterocycles. The van der Waals surface area contributed by atoms with Crippen LogP contribution in [-0.2, 0) is 6.54 Å². The Morgan fingerprint density at radius 3 is 2.10 bits per heavy atom. The number of nitrogens with zero attached hydrogens (tertiary/aromatic N) is 2. The Hall–Kier alpha value is -1.41. The number of rotatable bonds is 4. The third-order valence-corrected chi connectivity index (χ3v) is 3.05. The van der Waals surface area contributed by atoms with E-state index in [-0.39, 0.29) is 0 Å². The summed E-state index contributed by atoms with van der Waals surface area (Å²) in [6, 6.07) is 5.19. The van der Waals surface area contributed by atoms with E-state index in [2.05, 4.69) is 15.0 Å². The normalized spacial score (nSPS) is 17.8. The van der Waals surface area contributed by atoms with Crippen LogP contribution in [0.1, 0.15) is 5.56 Å². The van der Waals surface area contributed by atoms with Crippen molar-refractivity contribution in [1.82, 2.24) is 10.2 Å². The highest BCUT2D eigenvalue weighted by atomic mass is 19.4. The molecule has 0 bridgehead atoms. The second kappa shape index (κ2) is 6.15. The molecule has 0 spiro atoms. The summed E-state index contributed by atoms with van der Waals surface area (Å²) in [5.41, 5.74) is 0.819. The molecule has 1 aromatic carbocycles. The van der Waals surface area contributed by atoms with Gasteiger partial charge in [0.15, 0.2) is 0 Å².